The number of hydrogen-bond acceptors (Lipinski definition) is 5. The van der Waals surface area contributed by atoms with Crippen LogP contribution in [0.4, 0.5) is 0 Å². The highest BCUT2D eigenvalue weighted by Crippen LogP contribution is 2.05. The molecule has 0 saturated carbocycles. The molecule has 16 heavy (non-hydrogen) atoms. The van der Waals surface area contributed by atoms with Crippen LogP contribution in [-0.4, -0.2) is 50.7 Å². The summed E-state index contributed by atoms with van der Waals surface area (Å²) in [5.41, 5.74) is 1.14. The van der Waals surface area contributed by atoms with Crippen molar-refractivity contribution in [3.63, 3.8) is 0 Å². The van der Waals surface area contributed by atoms with Crippen molar-refractivity contribution < 1.29 is 0 Å². The summed E-state index contributed by atoms with van der Waals surface area (Å²) in [6.07, 6.45) is 3.34. The average molecular weight is 218 g/mol. The van der Waals surface area contributed by atoms with Crippen LogP contribution in [0.1, 0.15) is 5.69 Å². The molecule has 1 N–H and O–H groups in total. The Hall–Kier alpha value is -1.53. The summed E-state index contributed by atoms with van der Waals surface area (Å²) < 4.78 is 1.81. The summed E-state index contributed by atoms with van der Waals surface area (Å²) in [5.74, 6) is 0.674. The van der Waals surface area contributed by atoms with Crippen LogP contribution in [0, 0.1) is 0 Å². The van der Waals surface area contributed by atoms with E-state index in [4.69, 9.17) is 0 Å². The summed E-state index contributed by atoms with van der Waals surface area (Å²) in [7, 11) is 0. The highest BCUT2D eigenvalue weighted by molar-refractivity contribution is 5.26. The van der Waals surface area contributed by atoms with Gasteiger partial charge in [0.2, 0.25) is 0 Å². The Bertz CT molecular complexity index is 473. The third-order valence-corrected chi connectivity index (χ3v) is 2.85. The van der Waals surface area contributed by atoms with Gasteiger partial charge in [-0.2, -0.15) is 10.1 Å². The number of nitrogens with one attached hydrogen (secondary N) is 1. The number of rotatable bonds is 2. The van der Waals surface area contributed by atoms with Crippen molar-refractivity contribution in [2.45, 2.75) is 6.54 Å². The first-order valence-electron chi connectivity index (χ1n) is 5.50. The zero-order chi connectivity index (χ0) is 10.8. The Kier molecular flexibility index (Phi) is 2.51. The van der Waals surface area contributed by atoms with Crippen molar-refractivity contribution >= 4 is 5.78 Å². The molecule has 0 radical (unpaired) electrons. The third kappa shape index (κ3) is 1.77. The Morgan fingerprint density at radius 3 is 3.00 bits per heavy atom. The average Bonchev–Trinajstić information content (AvgIpc) is 2.80. The minimum atomic E-state index is 0.674. The van der Waals surface area contributed by atoms with Crippen molar-refractivity contribution in [3.8, 4) is 0 Å². The lowest BCUT2D eigenvalue weighted by Crippen LogP contribution is -2.43. The predicted octanol–water partition coefficient (Wildman–Crippen LogP) is -0.471. The SMILES string of the molecule is c1cc(CN2CCNCC2)n2ncnc2n1. The number of hydrogen-bond donors (Lipinski definition) is 1. The van der Waals surface area contributed by atoms with E-state index in [0.717, 1.165) is 38.4 Å². The largest absolute Gasteiger partial charge is 0.314 e. The van der Waals surface area contributed by atoms with E-state index in [0.29, 0.717) is 5.78 Å². The van der Waals surface area contributed by atoms with Crippen LogP contribution in [0.5, 0.6) is 0 Å². The van der Waals surface area contributed by atoms with E-state index in [1.54, 1.807) is 12.5 Å². The molecule has 3 heterocycles. The summed E-state index contributed by atoms with van der Waals surface area (Å²) in [6, 6.07) is 2.00. The number of aromatic nitrogens is 4. The highest BCUT2D eigenvalue weighted by atomic mass is 15.3. The van der Waals surface area contributed by atoms with Gasteiger partial charge in [0.05, 0.1) is 5.69 Å². The van der Waals surface area contributed by atoms with Crippen LogP contribution >= 0.6 is 0 Å². The summed E-state index contributed by atoms with van der Waals surface area (Å²) in [4.78, 5) is 10.6. The van der Waals surface area contributed by atoms with Gasteiger partial charge in [-0.1, -0.05) is 0 Å². The fourth-order valence-electron chi connectivity index (χ4n) is 2.00. The molecule has 1 saturated heterocycles. The van der Waals surface area contributed by atoms with Crippen LogP contribution in [0.15, 0.2) is 18.6 Å². The molecular formula is C10H14N6. The van der Waals surface area contributed by atoms with Crippen LogP contribution in [-0.2, 0) is 6.54 Å². The second-order valence-electron chi connectivity index (χ2n) is 3.93. The summed E-state index contributed by atoms with van der Waals surface area (Å²) in [5, 5.41) is 7.53. The first kappa shape index (κ1) is 9.68. The van der Waals surface area contributed by atoms with E-state index in [1.165, 1.54) is 0 Å². The number of piperazine rings is 1. The van der Waals surface area contributed by atoms with Crippen LogP contribution in [0.3, 0.4) is 0 Å². The molecule has 6 heteroatoms. The maximum Gasteiger partial charge on any atom is 0.252 e. The molecule has 0 aromatic carbocycles. The van der Waals surface area contributed by atoms with Crippen molar-refractivity contribution in [2.75, 3.05) is 26.2 Å². The first-order valence-corrected chi connectivity index (χ1v) is 5.50. The van der Waals surface area contributed by atoms with E-state index in [1.807, 2.05) is 10.6 Å². The zero-order valence-corrected chi connectivity index (χ0v) is 9.00. The summed E-state index contributed by atoms with van der Waals surface area (Å²) in [6.45, 7) is 5.19. The van der Waals surface area contributed by atoms with Gasteiger partial charge in [0.1, 0.15) is 6.33 Å². The lowest BCUT2D eigenvalue weighted by Gasteiger charge is -2.26. The van der Waals surface area contributed by atoms with E-state index in [-0.39, 0.29) is 0 Å². The van der Waals surface area contributed by atoms with E-state index in [2.05, 4.69) is 25.3 Å². The molecule has 0 spiro atoms. The quantitative estimate of drug-likeness (QED) is 0.738. The topological polar surface area (TPSA) is 58.4 Å². The standard InChI is InChI=1S/C10H14N6/c1-2-12-10-13-8-14-16(10)9(1)7-15-5-3-11-4-6-15/h1-2,8,11H,3-7H2. The maximum atomic E-state index is 4.18. The van der Waals surface area contributed by atoms with Gasteiger partial charge in [-0.3, -0.25) is 4.90 Å². The Morgan fingerprint density at radius 1 is 1.25 bits per heavy atom. The van der Waals surface area contributed by atoms with Crippen LogP contribution < -0.4 is 5.32 Å². The highest BCUT2D eigenvalue weighted by Gasteiger charge is 2.12. The lowest BCUT2D eigenvalue weighted by atomic mass is 10.3. The van der Waals surface area contributed by atoms with Crippen molar-refractivity contribution in [2.24, 2.45) is 0 Å². The zero-order valence-electron chi connectivity index (χ0n) is 9.00. The molecule has 84 valence electrons. The third-order valence-electron chi connectivity index (χ3n) is 2.85. The van der Waals surface area contributed by atoms with Gasteiger partial charge < -0.3 is 5.32 Å². The Morgan fingerprint density at radius 2 is 2.12 bits per heavy atom. The molecule has 0 unspecified atom stereocenters. The van der Waals surface area contributed by atoms with Gasteiger partial charge in [0, 0.05) is 38.9 Å². The van der Waals surface area contributed by atoms with Crippen molar-refractivity contribution in [1.82, 2.24) is 29.8 Å². The van der Waals surface area contributed by atoms with Gasteiger partial charge >= 0.3 is 0 Å². The predicted molar refractivity (Wildman–Crippen MR) is 58.9 cm³/mol. The summed E-state index contributed by atoms with van der Waals surface area (Å²) >= 11 is 0. The van der Waals surface area contributed by atoms with Gasteiger partial charge in [-0.25, -0.2) is 9.50 Å². The molecule has 2 aromatic heterocycles. The molecule has 3 rings (SSSR count). The molecule has 0 atom stereocenters. The second kappa shape index (κ2) is 4.15. The minimum absolute atomic E-state index is 0.674. The van der Waals surface area contributed by atoms with Crippen molar-refractivity contribution in [1.29, 1.82) is 0 Å². The van der Waals surface area contributed by atoms with Crippen molar-refractivity contribution in [3.05, 3.63) is 24.3 Å². The fraction of sp³-hybridized carbons (Fsp3) is 0.500. The molecule has 0 aliphatic carbocycles. The lowest BCUT2D eigenvalue weighted by molar-refractivity contribution is 0.229. The molecule has 1 fully saturated rings. The van der Waals surface area contributed by atoms with E-state index in [9.17, 15) is 0 Å². The van der Waals surface area contributed by atoms with Gasteiger partial charge in [0.15, 0.2) is 0 Å². The molecular weight excluding hydrogens is 204 g/mol. The smallest absolute Gasteiger partial charge is 0.252 e. The monoisotopic (exact) mass is 218 g/mol. The number of nitrogens with zero attached hydrogens (tertiary/aromatic N) is 5. The normalized spacial score (nSPS) is 18.0. The van der Waals surface area contributed by atoms with E-state index < -0.39 is 0 Å². The first-order chi connectivity index (χ1) is 7.93. The Balaban J connectivity index is 1.85. The second-order valence-corrected chi connectivity index (χ2v) is 3.93. The van der Waals surface area contributed by atoms with Crippen LogP contribution in [0.2, 0.25) is 0 Å². The van der Waals surface area contributed by atoms with Crippen LogP contribution in [0.25, 0.3) is 5.78 Å². The van der Waals surface area contributed by atoms with Gasteiger partial charge in [-0.15, -0.1) is 0 Å². The molecule has 0 amide bonds. The van der Waals surface area contributed by atoms with E-state index >= 15 is 0 Å². The maximum absolute atomic E-state index is 4.18. The fourth-order valence-corrected chi connectivity index (χ4v) is 2.00. The molecule has 1 aliphatic rings. The molecule has 1 aliphatic heterocycles. The number of fused-ring (bicyclic) bond motifs is 1. The molecule has 2 aromatic rings. The van der Waals surface area contributed by atoms with Gasteiger partial charge in [-0.05, 0) is 6.07 Å². The molecule has 6 nitrogen and oxygen atoms in total. The Labute approximate surface area is 93.3 Å². The minimum Gasteiger partial charge on any atom is -0.314 e. The molecule has 0 bridgehead atoms. The van der Waals surface area contributed by atoms with Gasteiger partial charge in [0.25, 0.3) is 5.78 Å².